The van der Waals surface area contributed by atoms with Gasteiger partial charge in [0.15, 0.2) is 18.1 Å². The van der Waals surface area contributed by atoms with Crippen LogP contribution in [0, 0.1) is 5.92 Å². The largest absolute Gasteiger partial charge is 0.493 e. The fourth-order valence-corrected chi connectivity index (χ4v) is 3.09. The number of hydrogen-bond donors (Lipinski definition) is 1. The van der Waals surface area contributed by atoms with E-state index >= 15 is 0 Å². The molecule has 0 saturated heterocycles. The Morgan fingerprint density at radius 1 is 1.18 bits per heavy atom. The highest BCUT2D eigenvalue weighted by Crippen LogP contribution is 2.36. The van der Waals surface area contributed by atoms with Gasteiger partial charge in [-0.1, -0.05) is 39.3 Å². The molecule has 8 heteroatoms. The molecule has 0 saturated carbocycles. The number of hydrogen-bond acceptors (Lipinski definition) is 5. The molecule has 0 spiro atoms. The third-order valence-electron chi connectivity index (χ3n) is 4.29. The summed E-state index contributed by atoms with van der Waals surface area (Å²) in [5.41, 5.74) is 5.52. The van der Waals surface area contributed by atoms with Gasteiger partial charge in [-0.05, 0) is 31.1 Å². The summed E-state index contributed by atoms with van der Waals surface area (Å²) in [4.78, 5) is 28.2. The zero-order valence-corrected chi connectivity index (χ0v) is 18.2. The molecule has 7 nitrogen and oxygen atoms in total. The molecule has 0 atom stereocenters. The van der Waals surface area contributed by atoms with Crippen molar-refractivity contribution in [3.8, 4) is 11.5 Å². The minimum atomic E-state index is -0.627. The van der Waals surface area contributed by atoms with Gasteiger partial charge in [0.1, 0.15) is 0 Å². The lowest BCUT2D eigenvalue weighted by atomic mass is 10.1. The molecule has 1 aromatic carbocycles. The second-order valence-electron chi connectivity index (χ2n) is 6.92. The minimum absolute atomic E-state index is 0.123. The molecular weight excluding hydrogens is 382 g/mol. The summed E-state index contributed by atoms with van der Waals surface area (Å²) in [5.74, 6) is 0.0555. The van der Waals surface area contributed by atoms with Gasteiger partial charge in [-0.15, -0.1) is 0 Å². The van der Waals surface area contributed by atoms with Crippen LogP contribution in [0.2, 0.25) is 5.02 Å². The van der Waals surface area contributed by atoms with Gasteiger partial charge >= 0.3 is 0 Å². The number of methoxy groups -OCH3 is 1. The highest BCUT2D eigenvalue weighted by Gasteiger charge is 2.22. The van der Waals surface area contributed by atoms with Crippen molar-refractivity contribution in [2.24, 2.45) is 11.7 Å². The van der Waals surface area contributed by atoms with Crippen molar-refractivity contribution in [2.45, 2.75) is 27.7 Å². The van der Waals surface area contributed by atoms with Crippen LogP contribution in [-0.4, -0.2) is 68.1 Å². The highest BCUT2D eigenvalue weighted by atomic mass is 35.5. The summed E-state index contributed by atoms with van der Waals surface area (Å²) in [6.45, 7) is 12.0. The maximum absolute atomic E-state index is 13.1. The second-order valence-corrected chi connectivity index (χ2v) is 7.32. The van der Waals surface area contributed by atoms with E-state index in [0.717, 1.165) is 19.6 Å². The lowest BCUT2D eigenvalue weighted by Crippen LogP contribution is -2.40. The minimum Gasteiger partial charge on any atom is -0.493 e. The van der Waals surface area contributed by atoms with Crippen LogP contribution < -0.4 is 15.2 Å². The number of carbonyl (C=O) groups excluding carboxylic acids is 2. The topological polar surface area (TPSA) is 85.1 Å². The van der Waals surface area contributed by atoms with E-state index in [2.05, 4.69) is 32.6 Å². The molecule has 1 rings (SSSR count). The van der Waals surface area contributed by atoms with Gasteiger partial charge in [-0.3, -0.25) is 9.59 Å². The van der Waals surface area contributed by atoms with Gasteiger partial charge in [-0.2, -0.15) is 0 Å². The smallest absolute Gasteiger partial charge is 0.255 e. The maximum atomic E-state index is 13.1. The number of benzene rings is 1. The Morgan fingerprint density at radius 2 is 1.82 bits per heavy atom. The standard InChI is InChI=1S/C20H32ClN3O4/c1-6-23(7-2)8-9-24(12-14(3)4)20(26)15-10-16(21)19(17(11-15)27-5)28-13-18(22)25/h10-11,14H,6-9,12-13H2,1-5H3,(H2,22,25). The molecule has 0 aliphatic carbocycles. The Morgan fingerprint density at radius 3 is 2.32 bits per heavy atom. The fraction of sp³-hybridized carbons (Fsp3) is 0.600. The number of carbonyl (C=O) groups is 2. The molecule has 0 radical (unpaired) electrons. The van der Waals surface area contributed by atoms with Gasteiger partial charge < -0.3 is 25.0 Å². The quantitative estimate of drug-likeness (QED) is 0.569. The normalized spacial score (nSPS) is 11.0. The predicted molar refractivity (Wildman–Crippen MR) is 111 cm³/mol. The van der Waals surface area contributed by atoms with Crippen LogP contribution >= 0.6 is 11.6 Å². The summed E-state index contributed by atoms with van der Waals surface area (Å²) in [6, 6.07) is 3.11. The van der Waals surface area contributed by atoms with Gasteiger partial charge in [0.2, 0.25) is 0 Å². The molecule has 2 amide bonds. The number of primary amides is 1. The predicted octanol–water partition coefficient (Wildman–Crippen LogP) is 2.65. The van der Waals surface area contributed by atoms with Crippen LogP contribution in [-0.2, 0) is 4.79 Å². The molecule has 0 fully saturated rings. The lowest BCUT2D eigenvalue weighted by Gasteiger charge is -2.28. The number of rotatable bonds is 12. The van der Waals surface area contributed by atoms with Crippen LogP contribution in [0.3, 0.4) is 0 Å². The second kappa shape index (κ2) is 11.8. The van der Waals surface area contributed by atoms with Crippen molar-refractivity contribution >= 4 is 23.4 Å². The SMILES string of the molecule is CCN(CC)CCN(CC(C)C)C(=O)c1cc(Cl)c(OCC(N)=O)c(OC)c1. The third kappa shape index (κ3) is 7.20. The van der Waals surface area contributed by atoms with E-state index in [1.54, 1.807) is 6.07 Å². The van der Waals surface area contributed by atoms with Crippen LogP contribution in [0.5, 0.6) is 11.5 Å². The molecular formula is C20H32ClN3O4. The summed E-state index contributed by atoms with van der Waals surface area (Å²) in [6.07, 6.45) is 0. The average molecular weight is 414 g/mol. The molecule has 2 N–H and O–H groups in total. The van der Waals surface area contributed by atoms with Gasteiger partial charge in [-0.25, -0.2) is 0 Å². The first-order chi connectivity index (χ1) is 13.2. The summed E-state index contributed by atoms with van der Waals surface area (Å²) >= 11 is 6.29. The van der Waals surface area contributed by atoms with E-state index in [0.29, 0.717) is 24.6 Å². The monoisotopic (exact) mass is 413 g/mol. The molecule has 0 unspecified atom stereocenters. The first-order valence-electron chi connectivity index (χ1n) is 9.53. The number of amides is 2. The van der Waals surface area contributed by atoms with Crippen molar-refractivity contribution in [2.75, 3.05) is 46.4 Å². The zero-order chi connectivity index (χ0) is 21.3. The van der Waals surface area contributed by atoms with E-state index in [4.69, 9.17) is 26.8 Å². The van der Waals surface area contributed by atoms with E-state index in [1.165, 1.54) is 13.2 Å². The van der Waals surface area contributed by atoms with E-state index < -0.39 is 5.91 Å². The Kier molecular flexibility index (Phi) is 10.1. The van der Waals surface area contributed by atoms with Gasteiger partial charge in [0.05, 0.1) is 12.1 Å². The Balaban J connectivity index is 3.09. The number of halogens is 1. The zero-order valence-electron chi connectivity index (χ0n) is 17.5. The first-order valence-corrected chi connectivity index (χ1v) is 9.91. The Labute approximate surface area is 172 Å². The van der Waals surface area contributed by atoms with Crippen LogP contribution in [0.1, 0.15) is 38.1 Å². The van der Waals surface area contributed by atoms with Gasteiger partial charge in [0.25, 0.3) is 11.8 Å². The number of ether oxygens (including phenoxy) is 2. The lowest BCUT2D eigenvalue weighted by molar-refractivity contribution is -0.119. The molecule has 0 aromatic heterocycles. The third-order valence-corrected chi connectivity index (χ3v) is 4.57. The molecule has 158 valence electrons. The average Bonchev–Trinajstić information content (AvgIpc) is 2.65. The van der Waals surface area contributed by atoms with Crippen molar-refractivity contribution in [3.05, 3.63) is 22.7 Å². The molecule has 1 aromatic rings. The van der Waals surface area contributed by atoms with E-state index in [9.17, 15) is 9.59 Å². The highest BCUT2D eigenvalue weighted by molar-refractivity contribution is 6.32. The molecule has 0 heterocycles. The van der Waals surface area contributed by atoms with Crippen molar-refractivity contribution in [1.82, 2.24) is 9.80 Å². The number of likely N-dealkylation sites (N-methyl/N-ethyl adjacent to an activating group) is 1. The Bertz CT molecular complexity index is 663. The fourth-order valence-electron chi connectivity index (χ4n) is 2.83. The first kappa shape index (κ1) is 24.0. The van der Waals surface area contributed by atoms with E-state index in [-0.39, 0.29) is 29.0 Å². The van der Waals surface area contributed by atoms with Crippen molar-refractivity contribution in [1.29, 1.82) is 0 Å². The van der Waals surface area contributed by atoms with Crippen molar-refractivity contribution < 1.29 is 19.1 Å². The van der Waals surface area contributed by atoms with Crippen LogP contribution in [0.25, 0.3) is 0 Å². The Hall–Kier alpha value is -1.99. The van der Waals surface area contributed by atoms with E-state index in [1.807, 2.05) is 4.90 Å². The number of nitrogens with two attached hydrogens (primary N) is 1. The summed E-state index contributed by atoms with van der Waals surface area (Å²) < 4.78 is 10.6. The number of nitrogens with zero attached hydrogens (tertiary/aromatic N) is 2. The van der Waals surface area contributed by atoms with Crippen LogP contribution in [0.15, 0.2) is 12.1 Å². The maximum Gasteiger partial charge on any atom is 0.255 e. The summed E-state index contributed by atoms with van der Waals surface area (Å²) in [7, 11) is 1.45. The molecule has 0 aliphatic heterocycles. The molecule has 28 heavy (non-hydrogen) atoms. The van der Waals surface area contributed by atoms with Crippen LogP contribution in [0.4, 0.5) is 0 Å². The molecule has 0 aliphatic rings. The van der Waals surface area contributed by atoms with Gasteiger partial charge in [0, 0.05) is 25.2 Å². The molecule has 0 bridgehead atoms. The summed E-state index contributed by atoms with van der Waals surface area (Å²) in [5, 5.41) is 0.192. The van der Waals surface area contributed by atoms with Crippen molar-refractivity contribution in [3.63, 3.8) is 0 Å².